The second-order valence-electron chi connectivity index (χ2n) is 6.56. The van der Waals surface area contributed by atoms with E-state index in [1.165, 1.54) is 22.9 Å². The molecule has 6 nitrogen and oxygen atoms in total. The normalized spacial score (nSPS) is 16.2. The maximum atomic E-state index is 13.1. The molecular formula is C19H13ClF4N4O2. The highest BCUT2D eigenvalue weighted by Gasteiger charge is 2.34. The van der Waals surface area contributed by atoms with Gasteiger partial charge in [-0.25, -0.2) is 9.07 Å². The van der Waals surface area contributed by atoms with Crippen LogP contribution >= 0.6 is 11.6 Å². The van der Waals surface area contributed by atoms with Crippen LogP contribution in [0.3, 0.4) is 0 Å². The Morgan fingerprint density at radius 3 is 2.63 bits per heavy atom. The number of ether oxygens (including phenoxy) is 1. The molecule has 0 radical (unpaired) electrons. The fourth-order valence-electron chi connectivity index (χ4n) is 3.08. The molecule has 1 aliphatic rings. The molecule has 1 aliphatic heterocycles. The van der Waals surface area contributed by atoms with Gasteiger partial charge in [-0.1, -0.05) is 28.9 Å². The van der Waals surface area contributed by atoms with Crippen molar-refractivity contribution in [3.8, 4) is 0 Å². The van der Waals surface area contributed by atoms with Gasteiger partial charge in [-0.15, -0.1) is 5.10 Å². The lowest BCUT2D eigenvalue weighted by Crippen LogP contribution is -2.24. The standard InChI is InChI=1S/C19H13ClF4N4O2/c20-14-6-5-12(7-13(14)19(22,23)24)25-18(29)17-15-9-30-16(8-28(15)27-26-17)10-1-3-11(21)4-2-10/h1-7,16H,8-9H2,(H,25,29). The van der Waals surface area contributed by atoms with Crippen LogP contribution in [0, 0.1) is 5.82 Å². The molecule has 1 aromatic heterocycles. The van der Waals surface area contributed by atoms with Gasteiger partial charge in [0.05, 0.1) is 29.4 Å². The third kappa shape index (κ3) is 4.01. The van der Waals surface area contributed by atoms with E-state index in [0.717, 1.165) is 17.7 Å². The predicted octanol–water partition coefficient (Wildman–Crippen LogP) is 4.61. The molecule has 0 spiro atoms. The second-order valence-corrected chi connectivity index (χ2v) is 6.97. The van der Waals surface area contributed by atoms with Gasteiger partial charge in [0, 0.05) is 5.69 Å². The van der Waals surface area contributed by atoms with E-state index in [9.17, 15) is 22.4 Å². The first kappa shape index (κ1) is 20.3. The molecule has 156 valence electrons. The van der Waals surface area contributed by atoms with Crippen molar-refractivity contribution in [1.29, 1.82) is 0 Å². The van der Waals surface area contributed by atoms with Crippen LogP contribution in [0.25, 0.3) is 0 Å². The van der Waals surface area contributed by atoms with Gasteiger partial charge in [0.15, 0.2) is 5.69 Å². The van der Waals surface area contributed by atoms with E-state index >= 15 is 0 Å². The summed E-state index contributed by atoms with van der Waals surface area (Å²) in [7, 11) is 0. The van der Waals surface area contributed by atoms with Crippen molar-refractivity contribution < 1.29 is 27.1 Å². The average Bonchev–Trinajstić information content (AvgIpc) is 3.12. The molecule has 1 atom stereocenters. The van der Waals surface area contributed by atoms with Gasteiger partial charge < -0.3 is 10.1 Å². The average molecular weight is 441 g/mol. The van der Waals surface area contributed by atoms with E-state index in [1.54, 1.807) is 12.1 Å². The number of carbonyl (C=O) groups is 1. The van der Waals surface area contributed by atoms with Gasteiger partial charge in [-0.3, -0.25) is 4.79 Å². The molecule has 0 bridgehead atoms. The van der Waals surface area contributed by atoms with Gasteiger partial charge in [-0.2, -0.15) is 13.2 Å². The number of nitrogens with one attached hydrogen (secondary N) is 1. The van der Waals surface area contributed by atoms with Crippen LogP contribution in [-0.4, -0.2) is 20.9 Å². The highest BCUT2D eigenvalue weighted by molar-refractivity contribution is 6.31. The van der Waals surface area contributed by atoms with E-state index in [-0.39, 0.29) is 30.4 Å². The molecule has 1 amide bonds. The Kier molecular flexibility index (Phi) is 5.20. The maximum absolute atomic E-state index is 13.1. The molecule has 11 heteroatoms. The number of hydrogen-bond acceptors (Lipinski definition) is 4. The van der Waals surface area contributed by atoms with Crippen LogP contribution in [0.5, 0.6) is 0 Å². The Morgan fingerprint density at radius 1 is 1.20 bits per heavy atom. The van der Waals surface area contributed by atoms with Crippen LogP contribution in [0.4, 0.5) is 23.2 Å². The minimum absolute atomic E-state index is 0.00617. The highest BCUT2D eigenvalue weighted by atomic mass is 35.5. The minimum atomic E-state index is -4.66. The number of benzene rings is 2. The van der Waals surface area contributed by atoms with Crippen molar-refractivity contribution in [3.63, 3.8) is 0 Å². The van der Waals surface area contributed by atoms with Gasteiger partial charge in [0.25, 0.3) is 5.91 Å². The lowest BCUT2D eigenvalue weighted by atomic mass is 10.1. The Bertz CT molecular complexity index is 1100. The van der Waals surface area contributed by atoms with Crippen molar-refractivity contribution in [3.05, 3.63) is 75.8 Å². The summed E-state index contributed by atoms with van der Waals surface area (Å²) in [5.41, 5.74) is -0.0758. The molecular weight excluding hydrogens is 428 g/mol. The first-order valence-corrected chi connectivity index (χ1v) is 9.07. The first-order chi connectivity index (χ1) is 14.2. The summed E-state index contributed by atoms with van der Waals surface area (Å²) < 4.78 is 59.3. The van der Waals surface area contributed by atoms with E-state index in [1.807, 2.05) is 0 Å². The molecule has 2 heterocycles. The number of hydrogen-bond donors (Lipinski definition) is 1. The lowest BCUT2D eigenvalue weighted by Gasteiger charge is -2.24. The Morgan fingerprint density at radius 2 is 1.93 bits per heavy atom. The van der Waals surface area contributed by atoms with Crippen LogP contribution in [0.15, 0.2) is 42.5 Å². The van der Waals surface area contributed by atoms with Crippen molar-refractivity contribution in [2.45, 2.75) is 25.4 Å². The van der Waals surface area contributed by atoms with Crippen LogP contribution in [0.2, 0.25) is 5.02 Å². The van der Waals surface area contributed by atoms with E-state index in [0.29, 0.717) is 5.69 Å². The fraction of sp³-hybridized carbons (Fsp3) is 0.211. The van der Waals surface area contributed by atoms with Crippen molar-refractivity contribution in [2.24, 2.45) is 0 Å². The second kappa shape index (κ2) is 7.69. The third-order valence-electron chi connectivity index (χ3n) is 4.58. The summed E-state index contributed by atoms with van der Waals surface area (Å²) in [6, 6.07) is 8.87. The summed E-state index contributed by atoms with van der Waals surface area (Å²) >= 11 is 5.59. The van der Waals surface area contributed by atoms with Crippen molar-refractivity contribution in [1.82, 2.24) is 15.0 Å². The zero-order chi connectivity index (χ0) is 21.5. The summed E-state index contributed by atoms with van der Waals surface area (Å²) in [5.74, 6) is -1.10. The Hall–Kier alpha value is -2.98. The van der Waals surface area contributed by atoms with E-state index < -0.39 is 28.8 Å². The van der Waals surface area contributed by atoms with Gasteiger partial charge in [0.2, 0.25) is 0 Å². The maximum Gasteiger partial charge on any atom is 0.417 e. The summed E-state index contributed by atoms with van der Waals surface area (Å²) in [6.45, 7) is 0.257. The molecule has 0 saturated carbocycles. The van der Waals surface area contributed by atoms with Crippen LogP contribution in [0.1, 0.15) is 33.4 Å². The summed E-state index contributed by atoms with van der Waals surface area (Å²) in [5, 5.41) is 9.67. The number of amides is 1. The number of halogens is 5. The van der Waals surface area contributed by atoms with Gasteiger partial charge >= 0.3 is 6.18 Å². The molecule has 3 aromatic rings. The third-order valence-corrected chi connectivity index (χ3v) is 4.91. The fourth-order valence-corrected chi connectivity index (χ4v) is 3.30. The van der Waals surface area contributed by atoms with Gasteiger partial charge in [-0.05, 0) is 35.9 Å². The highest BCUT2D eigenvalue weighted by Crippen LogP contribution is 2.36. The van der Waals surface area contributed by atoms with Crippen molar-refractivity contribution in [2.75, 3.05) is 5.32 Å². The van der Waals surface area contributed by atoms with E-state index in [2.05, 4.69) is 15.6 Å². The number of carbonyl (C=O) groups excluding carboxylic acids is 1. The molecule has 0 saturated heterocycles. The number of fused-ring (bicyclic) bond motifs is 1. The van der Waals surface area contributed by atoms with E-state index in [4.69, 9.17) is 16.3 Å². The van der Waals surface area contributed by atoms with Gasteiger partial charge in [0.1, 0.15) is 11.9 Å². The molecule has 2 aromatic carbocycles. The topological polar surface area (TPSA) is 69.0 Å². The van der Waals surface area contributed by atoms with Crippen LogP contribution in [-0.2, 0) is 24.1 Å². The molecule has 4 rings (SSSR count). The number of aromatic nitrogens is 3. The predicted molar refractivity (Wildman–Crippen MR) is 98.4 cm³/mol. The Balaban J connectivity index is 1.52. The number of nitrogens with zero attached hydrogens (tertiary/aromatic N) is 3. The largest absolute Gasteiger partial charge is 0.417 e. The van der Waals surface area contributed by atoms with Crippen molar-refractivity contribution >= 4 is 23.2 Å². The smallest absolute Gasteiger partial charge is 0.365 e. The van der Waals surface area contributed by atoms with Crippen LogP contribution < -0.4 is 5.32 Å². The number of anilines is 1. The lowest BCUT2D eigenvalue weighted by molar-refractivity contribution is -0.137. The summed E-state index contributed by atoms with van der Waals surface area (Å²) in [4.78, 5) is 12.5. The minimum Gasteiger partial charge on any atom is -0.365 e. The monoisotopic (exact) mass is 440 g/mol. The first-order valence-electron chi connectivity index (χ1n) is 8.70. The number of rotatable bonds is 3. The molecule has 30 heavy (non-hydrogen) atoms. The zero-order valence-electron chi connectivity index (χ0n) is 15.1. The SMILES string of the molecule is O=C(Nc1ccc(Cl)c(C(F)(F)F)c1)c1nnn2c1COC(c1ccc(F)cc1)C2. The molecule has 1 N–H and O–H groups in total. The number of alkyl halides is 3. The zero-order valence-corrected chi connectivity index (χ0v) is 15.8. The Labute approximate surface area is 172 Å². The molecule has 1 unspecified atom stereocenters. The molecule has 0 aliphatic carbocycles. The molecule has 0 fully saturated rings. The summed E-state index contributed by atoms with van der Waals surface area (Å²) in [6.07, 6.45) is -5.06. The quantitative estimate of drug-likeness (QED) is 0.604.